The summed E-state index contributed by atoms with van der Waals surface area (Å²) >= 11 is 0. The Morgan fingerprint density at radius 1 is 1.42 bits per heavy atom. The molecule has 1 nitrogen and oxygen atoms in total. The zero-order valence-electron chi connectivity index (χ0n) is 8.59. The van der Waals surface area contributed by atoms with Crippen LogP contribution in [-0.4, -0.2) is 23.0 Å². The Balaban J connectivity index is 2.06. The van der Waals surface area contributed by atoms with Gasteiger partial charge in [-0.3, -0.25) is 4.90 Å². The molecule has 0 aromatic rings. The molecule has 1 aliphatic heterocycles. The van der Waals surface area contributed by atoms with Crippen LogP contribution in [0.2, 0.25) is 0 Å². The van der Waals surface area contributed by atoms with Crippen LogP contribution in [0, 0.1) is 5.92 Å². The van der Waals surface area contributed by atoms with Crippen LogP contribution in [0.3, 0.4) is 0 Å². The first-order chi connectivity index (χ1) is 5.74. The van der Waals surface area contributed by atoms with Gasteiger partial charge in [0, 0.05) is 18.1 Å². The fourth-order valence-electron chi connectivity index (χ4n) is 3.25. The van der Waals surface area contributed by atoms with Crippen LogP contribution in [0.25, 0.3) is 0 Å². The first-order valence-electron chi connectivity index (χ1n) is 5.51. The van der Waals surface area contributed by atoms with E-state index in [1.807, 2.05) is 0 Å². The molecule has 70 valence electrons. The van der Waals surface area contributed by atoms with Gasteiger partial charge in [-0.25, -0.2) is 0 Å². The molecule has 0 N–H and O–H groups in total. The van der Waals surface area contributed by atoms with E-state index in [0.29, 0.717) is 0 Å². The van der Waals surface area contributed by atoms with Crippen molar-refractivity contribution >= 4 is 0 Å². The monoisotopic (exact) mass is 167 g/mol. The van der Waals surface area contributed by atoms with Crippen molar-refractivity contribution in [3.8, 4) is 0 Å². The van der Waals surface area contributed by atoms with Gasteiger partial charge in [-0.05, 0) is 45.4 Å². The molecule has 2 aliphatic rings. The van der Waals surface area contributed by atoms with Gasteiger partial charge in [0.2, 0.25) is 0 Å². The van der Waals surface area contributed by atoms with Crippen LogP contribution in [0.1, 0.15) is 46.5 Å². The zero-order valence-corrected chi connectivity index (χ0v) is 8.59. The molecule has 0 amide bonds. The van der Waals surface area contributed by atoms with Crippen molar-refractivity contribution in [2.45, 2.75) is 64.6 Å². The summed E-state index contributed by atoms with van der Waals surface area (Å²) in [5.74, 6) is 1.03. The Morgan fingerprint density at radius 2 is 2.17 bits per heavy atom. The minimum atomic E-state index is 0.815. The van der Waals surface area contributed by atoms with Crippen LogP contribution >= 0.6 is 0 Å². The molecule has 2 rings (SSSR count). The third-order valence-electron chi connectivity index (χ3n) is 4.12. The summed E-state index contributed by atoms with van der Waals surface area (Å²) in [4.78, 5) is 2.77. The largest absolute Gasteiger partial charge is 0.295 e. The van der Waals surface area contributed by atoms with Crippen LogP contribution in [0.4, 0.5) is 0 Å². The fourth-order valence-corrected chi connectivity index (χ4v) is 3.25. The van der Waals surface area contributed by atoms with E-state index < -0.39 is 0 Å². The lowest BCUT2D eigenvalue weighted by atomic mass is 9.99. The number of hydrogen-bond acceptors (Lipinski definition) is 1. The maximum Gasteiger partial charge on any atom is 0.0104 e. The van der Waals surface area contributed by atoms with Crippen molar-refractivity contribution in [2.75, 3.05) is 0 Å². The van der Waals surface area contributed by atoms with Gasteiger partial charge in [-0.2, -0.15) is 0 Å². The molecule has 0 radical (unpaired) electrons. The number of likely N-dealkylation sites (tertiary alicyclic amines) is 1. The Labute approximate surface area is 76.1 Å². The third kappa shape index (κ3) is 1.10. The van der Waals surface area contributed by atoms with Crippen molar-refractivity contribution in [1.82, 2.24) is 4.90 Å². The van der Waals surface area contributed by atoms with Crippen molar-refractivity contribution in [1.29, 1.82) is 0 Å². The van der Waals surface area contributed by atoms with E-state index in [1.165, 1.54) is 25.7 Å². The average Bonchev–Trinajstić information content (AvgIpc) is 2.63. The highest BCUT2D eigenvalue weighted by Crippen LogP contribution is 2.43. The quantitative estimate of drug-likeness (QED) is 0.611. The Kier molecular flexibility index (Phi) is 2.16. The van der Waals surface area contributed by atoms with Gasteiger partial charge in [0.15, 0.2) is 0 Å². The van der Waals surface area contributed by atoms with E-state index in [0.717, 1.165) is 24.0 Å². The van der Waals surface area contributed by atoms with Crippen LogP contribution in [0.5, 0.6) is 0 Å². The molecule has 1 saturated heterocycles. The molecule has 0 aromatic carbocycles. The third-order valence-corrected chi connectivity index (χ3v) is 4.12. The van der Waals surface area contributed by atoms with Crippen LogP contribution in [0.15, 0.2) is 0 Å². The molecular formula is C11H21N. The number of nitrogens with zero attached hydrogens (tertiary/aromatic N) is 1. The highest BCUT2D eigenvalue weighted by molar-refractivity contribution is 4.99. The van der Waals surface area contributed by atoms with Gasteiger partial charge in [0.05, 0.1) is 0 Å². The second-order valence-corrected chi connectivity index (χ2v) is 4.67. The van der Waals surface area contributed by atoms with Crippen molar-refractivity contribution < 1.29 is 0 Å². The molecule has 1 heterocycles. The SMILES string of the molecule is CCC(C)N1C2CCC(C2)C1C. The lowest BCUT2D eigenvalue weighted by Crippen LogP contribution is -2.44. The summed E-state index contributed by atoms with van der Waals surface area (Å²) in [6.45, 7) is 7.12. The summed E-state index contributed by atoms with van der Waals surface area (Å²) in [6, 6.07) is 2.63. The van der Waals surface area contributed by atoms with Gasteiger partial charge in [-0.15, -0.1) is 0 Å². The minimum Gasteiger partial charge on any atom is -0.295 e. The lowest BCUT2D eigenvalue weighted by Gasteiger charge is -2.37. The average molecular weight is 167 g/mol. The predicted molar refractivity (Wildman–Crippen MR) is 52.2 cm³/mol. The maximum atomic E-state index is 2.77. The molecule has 1 heteroatoms. The lowest BCUT2D eigenvalue weighted by molar-refractivity contribution is 0.102. The second kappa shape index (κ2) is 3.02. The van der Waals surface area contributed by atoms with Crippen molar-refractivity contribution in [2.24, 2.45) is 5.92 Å². The topological polar surface area (TPSA) is 3.24 Å². The molecule has 1 aliphatic carbocycles. The maximum absolute atomic E-state index is 2.77. The summed E-state index contributed by atoms with van der Waals surface area (Å²) in [6.07, 6.45) is 5.77. The molecule has 4 atom stereocenters. The van der Waals surface area contributed by atoms with Gasteiger partial charge in [-0.1, -0.05) is 6.92 Å². The van der Waals surface area contributed by atoms with Crippen LogP contribution in [-0.2, 0) is 0 Å². The molecular weight excluding hydrogens is 146 g/mol. The number of rotatable bonds is 2. The molecule has 12 heavy (non-hydrogen) atoms. The molecule has 0 aromatic heterocycles. The Morgan fingerprint density at radius 3 is 2.67 bits per heavy atom. The number of hydrogen-bond donors (Lipinski definition) is 0. The smallest absolute Gasteiger partial charge is 0.0104 e. The summed E-state index contributed by atoms with van der Waals surface area (Å²) < 4.78 is 0. The molecule has 1 saturated carbocycles. The summed E-state index contributed by atoms with van der Waals surface area (Å²) in [7, 11) is 0. The van der Waals surface area contributed by atoms with E-state index in [4.69, 9.17) is 0 Å². The fraction of sp³-hybridized carbons (Fsp3) is 1.00. The van der Waals surface area contributed by atoms with E-state index in [1.54, 1.807) is 0 Å². The summed E-state index contributed by atoms with van der Waals surface area (Å²) in [5.41, 5.74) is 0. The first kappa shape index (κ1) is 8.55. The molecule has 2 bridgehead atoms. The highest BCUT2D eigenvalue weighted by atomic mass is 15.2. The normalized spacial score (nSPS) is 43.8. The first-order valence-corrected chi connectivity index (χ1v) is 5.51. The van der Waals surface area contributed by atoms with Crippen LogP contribution < -0.4 is 0 Å². The second-order valence-electron chi connectivity index (χ2n) is 4.67. The number of fused-ring (bicyclic) bond motifs is 2. The standard InChI is InChI=1S/C11H21N/c1-4-8(2)12-9(3)10-5-6-11(12)7-10/h8-11H,4-7H2,1-3H3. The van der Waals surface area contributed by atoms with Gasteiger partial charge in [0.1, 0.15) is 0 Å². The Hall–Kier alpha value is -0.0400. The molecule has 0 spiro atoms. The molecule has 4 unspecified atom stereocenters. The molecule has 2 fully saturated rings. The predicted octanol–water partition coefficient (Wildman–Crippen LogP) is 2.66. The van der Waals surface area contributed by atoms with Crippen molar-refractivity contribution in [3.63, 3.8) is 0 Å². The summed E-state index contributed by atoms with van der Waals surface area (Å²) in [5, 5.41) is 0. The van der Waals surface area contributed by atoms with Gasteiger partial charge >= 0.3 is 0 Å². The number of piperidine rings is 1. The zero-order chi connectivity index (χ0) is 8.72. The van der Waals surface area contributed by atoms with E-state index in [2.05, 4.69) is 25.7 Å². The van der Waals surface area contributed by atoms with E-state index >= 15 is 0 Å². The highest BCUT2D eigenvalue weighted by Gasteiger charge is 2.44. The Bertz CT molecular complexity index is 164. The van der Waals surface area contributed by atoms with Gasteiger partial charge in [0.25, 0.3) is 0 Å². The van der Waals surface area contributed by atoms with E-state index in [-0.39, 0.29) is 0 Å². The van der Waals surface area contributed by atoms with E-state index in [9.17, 15) is 0 Å². The minimum absolute atomic E-state index is 0.815. The van der Waals surface area contributed by atoms with Gasteiger partial charge < -0.3 is 0 Å². The van der Waals surface area contributed by atoms with Crippen molar-refractivity contribution in [3.05, 3.63) is 0 Å².